The highest BCUT2D eigenvalue weighted by atomic mass is 32.1. The minimum Gasteiger partial charge on any atom is -0.387 e. The van der Waals surface area contributed by atoms with Gasteiger partial charge in [-0.25, -0.2) is 14.4 Å². The van der Waals surface area contributed by atoms with Gasteiger partial charge in [-0.05, 0) is 12.1 Å². The summed E-state index contributed by atoms with van der Waals surface area (Å²) in [5.41, 5.74) is 5.47. The molecule has 0 aliphatic rings. The number of nitrogens with two attached hydrogens (primary N) is 1. The Morgan fingerprint density at radius 3 is 2.80 bits per heavy atom. The van der Waals surface area contributed by atoms with E-state index < -0.39 is 5.82 Å². The number of hydrogen-bond acceptors (Lipinski definition) is 3. The molecule has 6 heteroatoms. The maximum Gasteiger partial charge on any atom is 0.173 e. The van der Waals surface area contributed by atoms with E-state index in [1.165, 1.54) is 12.1 Å². The number of nitrogens with zero attached hydrogens (tertiary/aromatic N) is 3. The molecule has 0 bridgehead atoms. The van der Waals surface area contributed by atoms with Gasteiger partial charge in [0.15, 0.2) is 5.82 Å². The van der Waals surface area contributed by atoms with Crippen LogP contribution in [0, 0.1) is 5.82 Å². The summed E-state index contributed by atoms with van der Waals surface area (Å²) >= 11 is 4.82. The molecule has 76 valence electrons. The van der Waals surface area contributed by atoms with E-state index in [4.69, 9.17) is 18.0 Å². The average Bonchev–Trinajstić information content (AvgIpc) is 2.67. The van der Waals surface area contributed by atoms with Crippen molar-refractivity contribution in [3.8, 4) is 5.82 Å². The highest BCUT2D eigenvalue weighted by molar-refractivity contribution is 7.80. The van der Waals surface area contributed by atoms with Crippen molar-refractivity contribution < 1.29 is 4.39 Å². The van der Waals surface area contributed by atoms with E-state index >= 15 is 0 Å². The number of aromatic nitrogens is 3. The van der Waals surface area contributed by atoms with E-state index in [0.717, 1.165) is 6.20 Å². The second-order valence-electron chi connectivity index (χ2n) is 2.82. The Hall–Kier alpha value is -1.82. The van der Waals surface area contributed by atoms with E-state index in [-0.39, 0.29) is 4.99 Å². The zero-order chi connectivity index (χ0) is 10.8. The summed E-state index contributed by atoms with van der Waals surface area (Å²) in [6, 6.07) is 2.84. The second kappa shape index (κ2) is 3.74. The largest absolute Gasteiger partial charge is 0.387 e. The number of rotatable bonds is 2. The monoisotopic (exact) mass is 222 g/mol. The van der Waals surface area contributed by atoms with Gasteiger partial charge in [-0.3, -0.25) is 4.57 Å². The summed E-state index contributed by atoms with van der Waals surface area (Å²) < 4.78 is 14.2. The fourth-order valence-corrected chi connectivity index (χ4v) is 1.33. The van der Waals surface area contributed by atoms with Gasteiger partial charge in [0.25, 0.3) is 0 Å². The number of thiocarbonyl (C=S) groups is 1. The first-order valence-electron chi connectivity index (χ1n) is 4.13. The molecule has 0 unspecified atom stereocenters. The molecule has 4 nitrogen and oxygen atoms in total. The standard InChI is InChI=1S/C9H7FN4S/c10-6-1-2-7(13-5-6)14-4-3-12-9(14)8(11)15/h1-5H,(H2,11,15). The molecule has 0 spiro atoms. The molecule has 0 saturated heterocycles. The normalized spacial score (nSPS) is 10.2. The van der Waals surface area contributed by atoms with E-state index in [1.54, 1.807) is 17.0 Å². The van der Waals surface area contributed by atoms with Crippen molar-refractivity contribution in [2.24, 2.45) is 5.73 Å². The SMILES string of the molecule is NC(=S)c1nccn1-c1ccc(F)cn1. The van der Waals surface area contributed by atoms with Crippen molar-refractivity contribution in [1.29, 1.82) is 0 Å². The van der Waals surface area contributed by atoms with Crippen molar-refractivity contribution in [1.82, 2.24) is 14.5 Å². The van der Waals surface area contributed by atoms with Crippen LogP contribution in [0.5, 0.6) is 0 Å². The third-order valence-corrected chi connectivity index (χ3v) is 2.00. The molecule has 2 N–H and O–H groups in total. The number of halogens is 1. The molecule has 0 aromatic carbocycles. The molecule has 0 fully saturated rings. The van der Waals surface area contributed by atoms with Gasteiger partial charge in [0, 0.05) is 12.4 Å². The van der Waals surface area contributed by atoms with Gasteiger partial charge >= 0.3 is 0 Å². The van der Waals surface area contributed by atoms with Gasteiger partial charge < -0.3 is 5.73 Å². The second-order valence-corrected chi connectivity index (χ2v) is 3.26. The predicted octanol–water partition coefficient (Wildman–Crippen LogP) is 1.04. The smallest absolute Gasteiger partial charge is 0.173 e. The van der Waals surface area contributed by atoms with Gasteiger partial charge in [0.1, 0.15) is 16.6 Å². The highest BCUT2D eigenvalue weighted by Gasteiger charge is 2.07. The van der Waals surface area contributed by atoms with Gasteiger partial charge in [0.05, 0.1) is 6.20 Å². The fourth-order valence-electron chi connectivity index (χ4n) is 1.18. The summed E-state index contributed by atoms with van der Waals surface area (Å²) in [7, 11) is 0. The van der Waals surface area contributed by atoms with Crippen LogP contribution in [0.25, 0.3) is 5.82 Å². The first kappa shape index (κ1) is 9.72. The molecular formula is C9H7FN4S. The summed E-state index contributed by atoms with van der Waals surface area (Å²) in [6.07, 6.45) is 4.34. The van der Waals surface area contributed by atoms with Crippen LogP contribution in [0.3, 0.4) is 0 Å². The molecule has 0 aliphatic carbocycles. The summed E-state index contributed by atoms with van der Waals surface area (Å²) in [6.45, 7) is 0. The Bertz CT molecular complexity index is 491. The lowest BCUT2D eigenvalue weighted by Gasteiger charge is -2.04. The first-order chi connectivity index (χ1) is 7.18. The van der Waals surface area contributed by atoms with Gasteiger partial charge in [-0.15, -0.1) is 0 Å². The van der Waals surface area contributed by atoms with Crippen LogP contribution in [0.4, 0.5) is 4.39 Å². The molecule has 2 heterocycles. The quantitative estimate of drug-likeness (QED) is 0.771. The first-order valence-corrected chi connectivity index (χ1v) is 4.54. The van der Waals surface area contributed by atoms with Crippen LogP contribution in [0.2, 0.25) is 0 Å². The van der Waals surface area contributed by atoms with Crippen LogP contribution in [-0.2, 0) is 0 Å². The Balaban J connectivity index is 2.49. The highest BCUT2D eigenvalue weighted by Crippen LogP contribution is 2.08. The van der Waals surface area contributed by atoms with E-state index in [2.05, 4.69) is 9.97 Å². The minimum atomic E-state index is -0.393. The molecule has 2 aromatic rings. The molecule has 0 aliphatic heterocycles. The number of hydrogen-bond donors (Lipinski definition) is 1. The maximum atomic E-state index is 12.6. The Labute approximate surface area is 90.6 Å². The van der Waals surface area contributed by atoms with Crippen molar-refractivity contribution in [3.63, 3.8) is 0 Å². The Kier molecular flexibility index (Phi) is 2.42. The van der Waals surface area contributed by atoms with Crippen LogP contribution >= 0.6 is 12.2 Å². The van der Waals surface area contributed by atoms with E-state index in [0.29, 0.717) is 11.6 Å². The van der Waals surface area contributed by atoms with Crippen LogP contribution in [-0.4, -0.2) is 19.5 Å². The lowest BCUT2D eigenvalue weighted by atomic mass is 10.4. The van der Waals surface area contributed by atoms with Crippen LogP contribution in [0.1, 0.15) is 5.82 Å². The van der Waals surface area contributed by atoms with Gasteiger partial charge in [0.2, 0.25) is 0 Å². The molecule has 0 radical (unpaired) electrons. The van der Waals surface area contributed by atoms with Crippen molar-refractivity contribution in [3.05, 3.63) is 42.4 Å². The van der Waals surface area contributed by atoms with Crippen molar-refractivity contribution in [2.45, 2.75) is 0 Å². The maximum absolute atomic E-state index is 12.6. The Morgan fingerprint density at radius 1 is 1.40 bits per heavy atom. The number of imidazole rings is 1. The predicted molar refractivity (Wildman–Crippen MR) is 57.2 cm³/mol. The van der Waals surface area contributed by atoms with Gasteiger partial charge in [-0.1, -0.05) is 12.2 Å². The zero-order valence-corrected chi connectivity index (χ0v) is 8.41. The molecule has 2 rings (SSSR count). The zero-order valence-electron chi connectivity index (χ0n) is 7.59. The van der Waals surface area contributed by atoms with Crippen LogP contribution < -0.4 is 5.73 Å². The summed E-state index contributed by atoms with van der Waals surface area (Å²) in [4.78, 5) is 8.05. The van der Waals surface area contributed by atoms with Crippen molar-refractivity contribution >= 4 is 17.2 Å². The summed E-state index contributed by atoms with van der Waals surface area (Å²) in [5.74, 6) is 0.566. The molecule has 0 saturated carbocycles. The molecular weight excluding hydrogens is 215 g/mol. The average molecular weight is 222 g/mol. The lowest BCUT2D eigenvalue weighted by molar-refractivity contribution is 0.620. The lowest BCUT2D eigenvalue weighted by Crippen LogP contribution is -2.16. The van der Waals surface area contributed by atoms with Crippen LogP contribution in [0.15, 0.2) is 30.7 Å². The van der Waals surface area contributed by atoms with E-state index in [1.807, 2.05) is 0 Å². The molecule has 2 aromatic heterocycles. The number of pyridine rings is 1. The minimum absolute atomic E-state index is 0.172. The molecule has 0 amide bonds. The third-order valence-electron chi connectivity index (χ3n) is 1.82. The molecule has 0 atom stereocenters. The summed E-state index contributed by atoms with van der Waals surface area (Å²) in [5, 5.41) is 0. The van der Waals surface area contributed by atoms with Gasteiger partial charge in [-0.2, -0.15) is 0 Å². The molecule has 15 heavy (non-hydrogen) atoms. The third kappa shape index (κ3) is 1.84. The van der Waals surface area contributed by atoms with Crippen molar-refractivity contribution in [2.75, 3.05) is 0 Å². The Morgan fingerprint density at radius 2 is 2.20 bits per heavy atom. The fraction of sp³-hybridized carbons (Fsp3) is 0. The van der Waals surface area contributed by atoms with E-state index in [9.17, 15) is 4.39 Å². The topological polar surface area (TPSA) is 56.7 Å².